The maximum absolute atomic E-state index is 12.9. The summed E-state index contributed by atoms with van der Waals surface area (Å²) in [5.74, 6) is 2.24. The minimum Gasteiger partial charge on any atom is -0.496 e. The van der Waals surface area contributed by atoms with Crippen LogP contribution in [0, 0.1) is 37.1 Å². The average Bonchev–Trinajstić information content (AvgIpc) is 3.16. The minimum atomic E-state index is -0.469. The van der Waals surface area contributed by atoms with Crippen molar-refractivity contribution in [1.82, 2.24) is 15.3 Å². The Bertz CT molecular complexity index is 2100. The molecule has 0 amide bonds. The molecule has 4 aromatic carbocycles. The maximum atomic E-state index is 12.9. The molecule has 2 aliphatic heterocycles. The van der Waals surface area contributed by atoms with Gasteiger partial charge in [0.2, 0.25) is 5.95 Å². The van der Waals surface area contributed by atoms with Gasteiger partial charge in [-0.15, -0.1) is 0 Å². The second-order valence-electron chi connectivity index (χ2n) is 12.9. The Balaban J connectivity index is 0.000000215. The quantitative estimate of drug-likeness (QED) is 0.115. The first-order chi connectivity index (χ1) is 26.9. The molecule has 1 N–H and O–H groups in total. The molecule has 4 heterocycles. The zero-order chi connectivity index (χ0) is 39.0. The fourth-order valence-corrected chi connectivity index (χ4v) is 6.29. The van der Waals surface area contributed by atoms with Gasteiger partial charge in [-0.25, -0.2) is 9.97 Å². The molecule has 11 heteroatoms. The van der Waals surface area contributed by atoms with Gasteiger partial charge in [0.15, 0.2) is 0 Å². The predicted octanol–water partition coefficient (Wildman–Crippen LogP) is 9.68. The summed E-state index contributed by atoms with van der Waals surface area (Å²) in [6.07, 6.45) is 7.70. The summed E-state index contributed by atoms with van der Waals surface area (Å²) in [5.41, 5.74) is 8.55. The number of pyridine rings is 2. The second-order valence-corrected chi connectivity index (χ2v) is 13.8. The summed E-state index contributed by atoms with van der Waals surface area (Å²) in [6, 6.07) is 35.2. The molecule has 6 nitrogen and oxygen atoms in total. The van der Waals surface area contributed by atoms with Crippen molar-refractivity contribution in [2.24, 2.45) is 0 Å². The molecule has 8 rings (SSSR count). The summed E-state index contributed by atoms with van der Waals surface area (Å²) in [5, 5.41) is 4.51. The van der Waals surface area contributed by atoms with Gasteiger partial charge in [0.05, 0.1) is 14.2 Å². The van der Waals surface area contributed by atoms with Gasteiger partial charge in [-0.1, -0.05) is 71.7 Å². The molecule has 0 bridgehead atoms. The van der Waals surface area contributed by atoms with Crippen LogP contribution in [0.5, 0.6) is 11.5 Å². The molecule has 0 saturated carbocycles. The summed E-state index contributed by atoms with van der Waals surface area (Å²) in [6.45, 7) is 4.74. The van der Waals surface area contributed by atoms with E-state index in [1.807, 2.05) is 66.9 Å². The first-order valence-electron chi connectivity index (χ1n) is 18.3. The van der Waals surface area contributed by atoms with Crippen LogP contribution in [0.4, 0.5) is 10.2 Å². The van der Waals surface area contributed by atoms with Gasteiger partial charge in [0.25, 0.3) is 0 Å². The van der Waals surface area contributed by atoms with E-state index in [9.17, 15) is 4.39 Å². The van der Waals surface area contributed by atoms with E-state index in [1.54, 1.807) is 26.5 Å². The monoisotopic (exact) mass is 999 g/mol. The number of hydrogen-bond acceptors (Lipinski definition) is 6. The van der Waals surface area contributed by atoms with E-state index in [4.69, 9.17) is 34.0 Å². The zero-order valence-corrected chi connectivity index (χ0v) is 36.7. The van der Waals surface area contributed by atoms with Crippen LogP contribution in [-0.4, -0.2) is 60.1 Å². The van der Waals surface area contributed by atoms with Crippen LogP contribution < -0.4 is 19.7 Å². The predicted molar refractivity (Wildman–Crippen MR) is 222 cm³/mol. The Hall–Kier alpha value is -3.83. The Morgan fingerprint density at radius 2 is 1.15 bits per heavy atom. The Morgan fingerprint density at radius 3 is 1.51 bits per heavy atom. The molecule has 0 spiro atoms. The van der Waals surface area contributed by atoms with Gasteiger partial charge >= 0.3 is 0 Å². The molecule has 2 saturated heterocycles. The Kier molecular flexibility index (Phi) is 17.0. The van der Waals surface area contributed by atoms with Crippen LogP contribution >= 0.6 is 23.2 Å². The van der Waals surface area contributed by atoms with Crippen molar-refractivity contribution < 1.29 is 45.0 Å². The topological polar surface area (TPSA) is 59.5 Å². The number of benzene rings is 4. The number of rotatable bonds is 9. The molecule has 0 atom stereocenters. The number of halogens is 3. The SMILES string of the molecule is C1CNC1.COc1ccc(Cc2ccc(F)nc2)cc1-c1cccc(Cl)c1.COc1ccc(Cc2ccc(N3CCC3)nc2)cc1-c1cccc(Cl)c1.[2H][B].[U]. The van der Waals surface area contributed by atoms with Crippen molar-refractivity contribution in [3.63, 3.8) is 0 Å². The molecule has 55 heavy (non-hydrogen) atoms. The normalized spacial score (nSPS) is 12.6. The summed E-state index contributed by atoms with van der Waals surface area (Å²) >= 11 is 12.3. The molecular formula is C44H44BCl2FN4O2U. The van der Waals surface area contributed by atoms with Crippen molar-refractivity contribution >= 4 is 37.4 Å². The van der Waals surface area contributed by atoms with E-state index < -0.39 is 5.95 Å². The van der Waals surface area contributed by atoms with Gasteiger partial charge in [-0.2, -0.15) is 4.39 Å². The van der Waals surface area contributed by atoms with Gasteiger partial charge in [-0.3, -0.25) is 0 Å². The van der Waals surface area contributed by atoms with Gasteiger partial charge in [0, 0.05) is 86.1 Å². The molecule has 2 radical (unpaired) electrons. The van der Waals surface area contributed by atoms with E-state index in [1.165, 1.54) is 43.1 Å². The maximum Gasteiger partial charge on any atom is 0.212 e. The number of nitrogens with one attached hydrogen (secondary N) is 1. The number of aromatic nitrogens is 2. The van der Waals surface area contributed by atoms with Crippen molar-refractivity contribution in [2.75, 3.05) is 45.3 Å². The third kappa shape index (κ3) is 12.6. The molecule has 0 aliphatic carbocycles. The number of hydrogen-bond donors (Lipinski definition) is 1. The van der Waals surface area contributed by atoms with Gasteiger partial charge < -0.3 is 19.7 Å². The number of methoxy groups -OCH3 is 2. The van der Waals surface area contributed by atoms with Gasteiger partial charge in [0.1, 0.15) is 17.3 Å². The van der Waals surface area contributed by atoms with Crippen molar-refractivity contribution in [3.05, 3.63) is 160 Å². The first-order valence-corrected chi connectivity index (χ1v) is 18.5. The Morgan fingerprint density at radius 1 is 0.673 bits per heavy atom. The minimum absolute atomic E-state index is 0. The molecule has 280 valence electrons. The van der Waals surface area contributed by atoms with Crippen LogP contribution in [0.1, 0.15) is 35.1 Å². The van der Waals surface area contributed by atoms with Crippen molar-refractivity contribution in [1.29, 1.82) is 1.34 Å². The molecule has 2 fully saturated rings. The van der Waals surface area contributed by atoms with Crippen LogP contribution in [0.15, 0.2) is 122 Å². The molecular weight excluding hydrogens is 955 g/mol. The van der Waals surface area contributed by atoms with E-state index in [0.717, 1.165) is 75.2 Å². The second kappa shape index (κ2) is 22.0. The summed E-state index contributed by atoms with van der Waals surface area (Å²) in [4.78, 5) is 10.6. The largest absolute Gasteiger partial charge is 0.496 e. The van der Waals surface area contributed by atoms with Crippen LogP contribution in [0.2, 0.25) is 10.0 Å². The Labute approximate surface area is 361 Å². The third-order valence-corrected chi connectivity index (χ3v) is 9.57. The molecule has 0 unspecified atom stereocenters. The number of ether oxygens (including phenoxy) is 2. The van der Waals surface area contributed by atoms with Crippen LogP contribution in [0.3, 0.4) is 0 Å². The summed E-state index contributed by atoms with van der Waals surface area (Å²) < 4.78 is 29.2. The smallest absolute Gasteiger partial charge is 0.212 e. The zero-order valence-electron chi connectivity index (χ0n) is 32.1. The standard InChI is InChI=1S/C22H21ClN2O.C19H15ClFNO.C3H7N.BH.U/c1-26-21-8-6-16(13-20(21)18-4-2-5-19(23)14-18)12-17-7-9-22(24-15-17)25-10-3-11-25;1-23-18-7-5-13(9-14-6-8-19(21)22-12-14)10-17(18)15-3-2-4-16(20)11-15;1-2-4-3-1;;/h2,4-9,13-15H,3,10-12H2,1H3;2-8,10-12H,9H2,1H3;4H,1-3H2;1H;/i;;;1D;. The molecule has 2 aliphatic rings. The third-order valence-electron chi connectivity index (χ3n) is 9.10. The fraction of sp³-hybridized carbons (Fsp3) is 0.227. The van der Waals surface area contributed by atoms with Crippen LogP contribution in [0.25, 0.3) is 22.3 Å². The fourth-order valence-electron chi connectivity index (χ4n) is 5.91. The van der Waals surface area contributed by atoms with E-state index >= 15 is 0 Å². The van der Waals surface area contributed by atoms with Gasteiger partial charge in [-0.05, 0) is 134 Å². The summed E-state index contributed by atoms with van der Waals surface area (Å²) in [7, 11) is 7.09. The number of nitrogens with zero attached hydrogens (tertiary/aromatic N) is 3. The first kappa shape index (κ1) is 42.3. The van der Waals surface area contributed by atoms with E-state index in [0.29, 0.717) is 11.4 Å². The molecule has 2 aromatic heterocycles. The average molecular weight is 1000 g/mol. The van der Waals surface area contributed by atoms with E-state index in [2.05, 4.69) is 65.0 Å². The van der Waals surface area contributed by atoms with E-state index in [-0.39, 0.29) is 31.1 Å². The van der Waals surface area contributed by atoms with Crippen molar-refractivity contribution in [3.8, 4) is 33.8 Å². The molecule has 6 aromatic rings. The number of anilines is 1. The van der Waals surface area contributed by atoms with Crippen LogP contribution in [-0.2, 0) is 12.8 Å². The van der Waals surface area contributed by atoms with Crippen molar-refractivity contribution in [2.45, 2.75) is 25.7 Å².